The van der Waals surface area contributed by atoms with Gasteiger partial charge in [0.15, 0.2) is 17.3 Å². The van der Waals surface area contributed by atoms with Gasteiger partial charge in [0, 0.05) is 11.1 Å². The first-order valence-corrected chi connectivity index (χ1v) is 11.1. The molecule has 3 aliphatic heterocycles. The van der Waals surface area contributed by atoms with E-state index in [-0.39, 0.29) is 36.4 Å². The minimum Gasteiger partial charge on any atom is -0.463 e. The summed E-state index contributed by atoms with van der Waals surface area (Å²) in [4.78, 5) is 68.4. The zero-order chi connectivity index (χ0) is 23.9. The van der Waals surface area contributed by atoms with Gasteiger partial charge in [0.1, 0.15) is 11.6 Å². The second-order valence-corrected chi connectivity index (χ2v) is 9.90. The number of carbonyl (C=O) groups is 5. The highest BCUT2D eigenvalue weighted by atomic mass is 16.6. The lowest BCUT2D eigenvalue weighted by Crippen LogP contribution is -2.66. The molecule has 0 saturated carbocycles. The molecule has 4 aliphatic rings. The first kappa shape index (κ1) is 21.8. The highest BCUT2D eigenvalue weighted by molar-refractivity contribution is 6.24. The van der Waals surface area contributed by atoms with Crippen LogP contribution >= 0.6 is 0 Å². The summed E-state index contributed by atoms with van der Waals surface area (Å²) in [5.41, 5.74) is -4.31. The Hall–Kier alpha value is -3.07. The first-order chi connectivity index (χ1) is 15.5. The van der Waals surface area contributed by atoms with E-state index < -0.39 is 58.4 Å². The summed E-state index contributed by atoms with van der Waals surface area (Å²) in [6.45, 7) is 6.65. The van der Waals surface area contributed by atoms with E-state index in [0.29, 0.717) is 0 Å². The minimum absolute atomic E-state index is 0.0458. The van der Waals surface area contributed by atoms with Crippen LogP contribution in [0.25, 0.3) is 0 Å². The maximum Gasteiger partial charge on any atom is 0.349 e. The van der Waals surface area contributed by atoms with Crippen molar-refractivity contribution < 1.29 is 38.2 Å². The second-order valence-electron chi connectivity index (χ2n) is 9.90. The van der Waals surface area contributed by atoms with Crippen LogP contribution in [-0.2, 0) is 28.6 Å². The molecule has 9 nitrogen and oxygen atoms in total. The molecule has 0 radical (unpaired) electrons. The van der Waals surface area contributed by atoms with Crippen LogP contribution in [0, 0.1) is 11.8 Å². The summed E-state index contributed by atoms with van der Waals surface area (Å²) in [5, 5.41) is 0. The van der Waals surface area contributed by atoms with E-state index in [9.17, 15) is 24.0 Å². The highest BCUT2D eigenvalue weighted by Gasteiger charge is 2.85. The number of esters is 2. The minimum atomic E-state index is -2.30. The van der Waals surface area contributed by atoms with Gasteiger partial charge in [-0.25, -0.2) is 9.59 Å². The third-order valence-electron chi connectivity index (χ3n) is 6.91. The molecule has 9 heteroatoms. The smallest absolute Gasteiger partial charge is 0.349 e. The van der Waals surface area contributed by atoms with Gasteiger partial charge in [-0.05, 0) is 40.5 Å². The summed E-state index contributed by atoms with van der Waals surface area (Å²) in [5.74, 6) is -5.84. The summed E-state index contributed by atoms with van der Waals surface area (Å²) in [6, 6.07) is 5.30. The number of ether oxygens (including phenoxy) is 3. The number of Topliss-reactive ketones (excluding diaryl/α,β-unsaturated/α-hetero) is 2. The normalized spacial score (nSPS) is 34.1. The Bertz CT molecular complexity index is 1120. The standard InChI is InChI=1S/C24H25NO8/c1-5-31-21(30)24-16-15(17(26)12-8-6-7-9-13(12)18(16)27)23(33-24)11-10-14(25(23)20(24)29)19(28)32-22(2,3)4/h6-9,14-16H,5,10-11H2,1-4H3/t14-,15+,16-,23-,24+/m1/s1. The van der Waals surface area contributed by atoms with Gasteiger partial charge in [-0.1, -0.05) is 24.3 Å². The number of hydrogen-bond acceptors (Lipinski definition) is 8. The molecule has 1 aromatic carbocycles. The van der Waals surface area contributed by atoms with Crippen LogP contribution in [0.2, 0.25) is 0 Å². The van der Waals surface area contributed by atoms with Gasteiger partial charge < -0.3 is 14.2 Å². The fraction of sp³-hybridized carbons (Fsp3) is 0.542. The third kappa shape index (κ3) is 2.59. The Morgan fingerprint density at radius 1 is 1.09 bits per heavy atom. The van der Waals surface area contributed by atoms with Gasteiger partial charge in [0.2, 0.25) is 0 Å². The topological polar surface area (TPSA) is 116 Å². The van der Waals surface area contributed by atoms with E-state index >= 15 is 0 Å². The summed E-state index contributed by atoms with van der Waals surface area (Å²) in [6.07, 6.45) is 0.304. The van der Waals surface area contributed by atoms with Crippen LogP contribution in [-0.4, -0.2) is 63.9 Å². The molecule has 3 heterocycles. The molecule has 1 aliphatic carbocycles. The van der Waals surface area contributed by atoms with Crippen molar-refractivity contribution in [2.75, 3.05) is 6.61 Å². The molecule has 5 atom stereocenters. The van der Waals surface area contributed by atoms with Crippen LogP contribution in [0.1, 0.15) is 61.3 Å². The van der Waals surface area contributed by atoms with E-state index in [2.05, 4.69) is 0 Å². The van der Waals surface area contributed by atoms with E-state index in [4.69, 9.17) is 14.2 Å². The molecule has 0 unspecified atom stereocenters. The van der Waals surface area contributed by atoms with Crippen molar-refractivity contribution >= 4 is 29.4 Å². The van der Waals surface area contributed by atoms with Crippen molar-refractivity contribution in [3.05, 3.63) is 35.4 Å². The van der Waals surface area contributed by atoms with Crippen molar-refractivity contribution in [3.63, 3.8) is 0 Å². The fourth-order valence-corrected chi connectivity index (χ4v) is 5.86. The molecular formula is C24H25NO8. The average molecular weight is 455 g/mol. The van der Waals surface area contributed by atoms with Crippen molar-refractivity contribution in [1.29, 1.82) is 0 Å². The zero-order valence-corrected chi connectivity index (χ0v) is 18.9. The molecule has 3 fully saturated rings. The van der Waals surface area contributed by atoms with E-state index in [1.807, 2.05) is 0 Å². The molecule has 3 saturated heterocycles. The third-order valence-corrected chi connectivity index (χ3v) is 6.91. The molecule has 0 aromatic heterocycles. The summed E-state index contributed by atoms with van der Waals surface area (Å²) < 4.78 is 16.9. The van der Waals surface area contributed by atoms with E-state index in [1.54, 1.807) is 45.9 Å². The van der Waals surface area contributed by atoms with Crippen LogP contribution < -0.4 is 0 Å². The average Bonchev–Trinajstić information content (AvgIpc) is 3.35. The van der Waals surface area contributed by atoms with Gasteiger partial charge in [0.25, 0.3) is 11.5 Å². The number of piperidine rings is 1. The monoisotopic (exact) mass is 455 g/mol. The Morgan fingerprint density at radius 2 is 1.70 bits per heavy atom. The molecule has 0 N–H and O–H groups in total. The Labute approximate surface area is 190 Å². The number of carbonyl (C=O) groups excluding carboxylic acids is 5. The van der Waals surface area contributed by atoms with Gasteiger partial charge in [0.05, 0.1) is 18.4 Å². The number of amides is 1. The fourth-order valence-electron chi connectivity index (χ4n) is 5.86. The lowest BCUT2D eigenvalue weighted by molar-refractivity contribution is -0.173. The summed E-state index contributed by atoms with van der Waals surface area (Å²) in [7, 11) is 0. The van der Waals surface area contributed by atoms with Gasteiger partial charge >= 0.3 is 11.9 Å². The van der Waals surface area contributed by atoms with Crippen LogP contribution in [0.4, 0.5) is 0 Å². The molecule has 33 heavy (non-hydrogen) atoms. The van der Waals surface area contributed by atoms with Crippen molar-refractivity contribution in [1.82, 2.24) is 4.90 Å². The number of hydrogen-bond donors (Lipinski definition) is 0. The van der Waals surface area contributed by atoms with Gasteiger partial charge in [-0.3, -0.25) is 19.3 Å². The van der Waals surface area contributed by atoms with Gasteiger partial charge in [-0.2, -0.15) is 0 Å². The van der Waals surface area contributed by atoms with Crippen molar-refractivity contribution in [2.45, 2.75) is 63.5 Å². The predicted molar refractivity (Wildman–Crippen MR) is 111 cm³/mol. The van der Waals surface area contributed by atoms with Crippen molar-refractivity contribution in [3.8, 4) is 0 Å². The SMILES string of the molecule is CCOC(=O)[C@@]12O[C@]3(CC[C@H](C(=O)OC(C)(C)C)N3C1=O)[C@@H]1C(=O)c3ccccc3C(=O)[C@@H]12. The number of benzene rings is 1. The van der Waals surface area contributed by atoms with Crippen LogP contribution in [0.15, 0.2) is 24.3 Å². The first-order valence-electron chi connectivity index (χ1n) is 11.1. The zero-order valence-electron chi connectivity index (χ0n) is 18.9. The predicted octanol–water partition coefficient (Wildman–Crippen LogP) is 1.67. The highest BCUT2D eigenvalue weighted by Crippen LogP contribution is 2.64. The molecule has 1 aromatic rings. The van der Waals surface area contributed by atoms with E-state index in [0.717, 1.165) is 0 Å². The largest absolute Gasteiger partial charge is 0.463 e. The van der Waals surface area contributed by atoms with Gasteiger partial charge in [-0.15, -0.1) is 0 Å². The number of nitrogens with zero attached hydrogens (tertiary/aromatic N) is 1. The molecule has 1 amide bonds. The van der Waals surface area contributed by atoms with E-state index in [1.165, 1.54) is 11.0 Å². The molecule has 5 rings (SSSR count). The molecule has 174 valence electrons. The maximum atomic E-state index is 13.8. The van der Waals surface area contributed by atoms with Crippen molar-refractivity contribution in [2.24, 2.45) is 11.8 Å². The number of fused-ring (bicyclic) bond motifs is 4. The molecular weight excluding hydrogens is 430 g/mol. The number of ketones is 2. The maximum absolute atomic E-state index is 13.8. The lowest BCUT2D eigenvalue weighted by Gasteiger charge is -2.43. The lowest BCUT2D eigenvalue weighted by atomic mass is 9.63. The Morgan fingerprint density at radius 3 is 2.27 bits per heavy atom. The Balaban J connectivity index is 1.67. The number of rotatable bonds is 3. The second kappa shape index (κ2) is 6.72. The summed E-state index contributed by atoms with van der Waals surface area (Å²) >= 11 is 0. The van der Waals surface area contributed by atoms with Crippen LogP contribution in [0.3, 0.4) is 0 Å². The Kier molecular flexibility index (Phi) is 4.43. The molecule has 2 bridgehead atoms. The van der Waals surface area contributed by atoms with Crippen LogP contribution in [0.5, 0.6) is 0 Å². The quantitative estimate of drug-likeness (QED) is 0.499. The molecule has 1 spiro atoms.